The van der Waals surface area contributed by atoms with Gasteiger partial charge in [-0.2, -0.15) is 0 Å². The number of nitrogens with zero attached hydrogens (tertiary/aromatic N) is 3. The fraction of sp³-hybridized carbons (Fsp3) is 0.420. The summed E-state index contributed by atoms with van der Waals surface area (Å²) in [7, 11) is 2.04. The summed E-state index contributed by atoms with van der Waals surface area (Å²) in [5.41, 5.74) is 2.95. The third-order valence-electron chi connectivity index (χ3n) is 13.0. The second-order valence-electron chi connectivity index (χ2n) is 17.2. The van der Waals surface area contributed by atoms with Crippen LogP contribution in [-0.4, -0.2) is 134 Å². The molecule has 2 bridgehead atoms. The Balaban J connectivity index is 0.725. The van der Waals surface area contributed by atoms with Gasteiger partial charge < -0.3 is 54.9 Å². The number of nitrogens with one attached hydrogen (secondary N) is 3. The van der Waals surface area contributed by atoms with Gasteiger partial charge in [-0.05, 0) is 113 Å². The Hall–Kier alpha value is -6.51. The summed E-state index contributed by atoms with van der Waals surface area (Å²) in [4.78, 5) is 59.6. The number of hydrogen-bond donors (Lipinski definition) is 5. The van der Waals surface area contributed by atoms with E-state index in [1.165, 1.54) is 0 Å². The lowest BCUT2D eigenvalue weighted by atomic mass is 9.48. The zero-order chi connectivity index (χ0) is 46.3. The highest BCUT2D eigenvalue weighted by molar-refractivity contribution is 5.95. The number of likely N-dealkylation sites (tertiary alicyclic amines) is 1. The topological polar surface area (TPSA) is 201 Å². The summed E-state index contributed by atoms with van der Waals surface area (Å²) < 4.78 is 23.3. The number of anilines is 1. The molecule has 4 aromatic rings. The molecule has 4 aliphatic rings. The van der Waals surface area contributed by atoms with E-state index >= 15 is 0 Å². The average Bonchev–Trinajstić information content (AvgIpc) is 3.67. The maximum Gasteiger partial charge on any atom is 0.253 e. The molecule has 4 amide bonds. The van der Waals surface area contributed by atoms with Crippen LogP contribution in [-0.2, 0) is 40.5 Å². The summed E-state index contributed by atoms with van der Waals surface area (Å²) in [6.45, 7) is 2.26. The fourth-order valence-electron chi connectivity index (χ4n) is 10.1. The number of phenols is 1. The van der Waals surface area contributed by atoms with Crippen LogP contribution in [0.1, 0.15) is 53.8 Å². The fourth-order valence-corrected chi connectivity index (χ4v) is 10.1. The van der Waals surface area contributed by atoms with E-state index in [1.54, 1.807) is 17.0 Å². The lowest BCUT2D eigenvalue weighted by molar-refractivity contribution is -0.185. The predicted molar refractivity (Wildman–Crippen MR) is 243 cm³/mol. The van der Waals surface area contributed by atoms with Crippen molar-refractivity contribution in [3.05, 3.63) is 113 Å². The second-order valence-corrected chi connectivity index (χ2v) is 17.2. The van der Waals surface area contributed by atoms with Gasteiger partial charge in [0.15, 0.2) is 11.5 Å². The molecule has 5 atom stereocenters. The summed E-state index contributed by atoms with van der Waals surface area (Å²) in [5, 5.41) is 31.8. The second kappa shape index (κ2) is 20.3. The van der Waals surface area contributed by atoms with Crippen LogP contribution in [0.5, 0.6) is 17.2 Å². The minimum absolute atomic E-state index is 0.0220. The van der Waals surface area contributed by atoms with Crippen LogP contribution in [0, 0.1) is 18.8 Å². The van der Waals surface area contributed by atoms with Crippen LogP contribution >= 0.6 is 0 Å². The Morgan fingerprint density at radius 2 is 1.58 bits per heavy atom. The van der Waals surface area contributed by atoms with Gasteiger partial charge in [0.25, 0.3) is 5.91 Å². The SMILES string of the molecule is Cc1cccc(C#Cc2cccc(OCCNC(=O)COCC(=O)NCCCNC(=O)COCC(=O)N(c3ccccc3)[C@H]3CC[C@@]4(O)C5Cc6ccc(O)c7c6[C@@]4(CCN5C)[C@H]3O7)c2)n1. The maximum atomic E-state index is 14.2. The van der Waals surface area contributed by atoms with E-state index < -0.39 is 40.9 Å². The highest BCUT2D eigenvalue weighted by Gasteiger charge is 2.73. The van der Waals surface area contributed by atoms with Crippen molar-refractivity contribution in [2.24, 2.45) is 0 Å². The number of carbonyl (C=O) groups excluding carboxylic acids is 4. The van der Waals surface area contributed by atoms with Crippen LogP contribution < -0.4 is 30.3 Å². The first kappa shape index (κ1) is 46.0. The van der Waals surface area contributed by atoms with Crippen LogP contribution in [0.2, 0.25) is 0 Å². The number of pyridine rings is 1. The van der Waals surface area contributed by atoms with Crippen LogP contribution in [0.15, 0.2) is 84.9 Å². The zero-order valence-corrected chi connectivity index (χ0v) is 37.2. The van der Waals surface area contributed by atoms with Crippen molar-refractivity contribution in [1.82, 2.24) is 25.8 Å². The summed E-state index contributed by atoms with van der Waals surface area (Å²) in [6.07, 6.45) is 1.93. The normalized spacial score (nSPS) is 22.1. The monoisotopic (exact) mass is 900 g/mol. The van der Waals surface area contributed by atoms with E-state index in [0.29, 0.717) is 55.0 Å². The molecule has 346 valence electrons. The predicted octanol–water partition coefficient (Wildman–Crippen LogP) is 2.53. The Morgan fingerprint density at radius 1 is 0.864 bits per heavy atom. The van der Waals surface area contributed by atoms with Crippen molar-refractivity contribution in [3.63, 3.8) is 0 Å². The summed E-state index contributed by atoms with van der Waals surface area (Å²) in [5.74, 6) is 5.55. The van der Waals surface area contributed by atoms with Crippen LogP contribution in [0.3, 0.4) is 0 Å². The number of phenolic OH excluding ortho intramolecular Hbond substituents is 1. The molecular formula is C50H56N6O10. The number of para-hydroxylation sites is 1. The van der Waals surface area contributed by atoms with Crippen LogP contribution in [0.4, 0.5) is 5.69 Å². The van der Waals surface area contributed by atoms with Crippen molar-refractivity contribution in [2.75, 3.05) is 71.2 Å². The third kappa shape index (κ3) is 9.70. The van der Waals surface area contributed by atoms with Crippen molar-refractivity contribution in [3.8, 4) is 29.1 Å². The van der Waals surface area contributed by atoms with Crippen molar-refractivity contribution in [1.29, 1.82) is 0 Å². The number of piperidine rings is 1. The van der Waals surface area contributed by atoms with Gasteiger partial charge in [-0.3, -0.25) is 19.2 Å². The Labute approximate surface area is 384 Å². The molecule has 16 nitrogen and oxygen atoms in total. The molecule has 8 rings (SSSR count). The van der Waals surface area contributed by atoms with E-state index in [-0.39, 0.29) is 70.4 Å². The van der Waals surface area contributed by atoms with Gasteiger partial charge in [-0.15, -0.1) is 0 Å². The number of likely N-dealkylation sites (N-methyl/N-ethyl adjacent to an activating group) is 1. The molecular weight excluding hydrogens is 845 g/mol. The molecule has 2 fully saturated rings. The van der Waals surface area contributed by atoms with Crippen molar-refractivity contribution >= 4 is 29.3 Å². The van der Waals surface area contributed by atoms with Gasteiger partial charge in [0.1, 0.15) is 50.6 Å². The highest BCUT2D eigenvalue weighted by atomic mass is 16.5. The maximum absolute atomic E-state index is 14.2. The van der Waals surface area contributed by atoms with E-state index in [0.717, 1.165) is 28.9 Å². The molecule has 1 unspecified atom stereocenters. The molecule has 2 aliphatic carbocycles. The standard InChI is InChI=1S/C50H56N6O10/c1-33-9-6-11-36(54-33)17-15-34-10-7-14-38(27-34)65-26-24-53-44(60)30-63-29-42(58)51-22-8-23-52-43(59)31-64-32-45(61)56(37-12-4-3-5-13-37)39-19-20-50(62)41-28-35-16-18-40(57)47-46(35)49(50,48(39)66-47)21-25-55(41)2/h3-7,9-14,16,18,27,39,41,48,57,62H,8,19-26,28-32H2,1-2H3,(H,51,58)(H,52,59)(H,53,60)/t39-,41?,48-,49-,50+/m0/s1. The Kier molecular flexibility index (Phi) is 14.2. The van der Waals surface area contributed by atoms with Gasteiger partial charge >= 0.3 is 0 Å². The first-order chi connectivity index (χ1) is 32.0. The Morgan fingerprint density at radius 3 is 2.32 bits per heavy atom. The third-order valence-corrected chi connectivity index (χ3v) is 13.0. The molecule has 1 spiro atoms. The number of aryl methyl sites for hydroxylation is 1. The molecule has 66 heavy (non-hydrogen) atoms. The Bertz CT molecular complexity index is 2490. The number of ether oxygens (including phenoxy) is 4. The van der Waals surface area contributed by atoms with E-state index in [2.05, 4.69) is 37.7 Å². The van der Waals surface area contributed by atoms with E-state index in [9.17, 15) is 29.4 Å². The van der Waals surface area contributed by atoms with E-state index in [4.69, 9.17) is 18.9 Å². The molecule has 0 radical (unpaired) electrons. The van der Waals surface area contributed by atoms with Gasteiger partial charge in [0.2, 0.25) is 17.7 Å². The van der Waals surface area contributed by atoms with Gasteiger partial charge in [0, 0.05) is 41.6 Å². The number of aromatic nitrogens is 1. The van der Waals surface area contributed by atoms with E-state index in [1.807, 2.05) is 86.8 Å². The zero-order valence-electron chi connectivity index (χ0n) is 37.2. The summed E-state index contributed by atoms with van der Waals surface area (Å²) in [6, 6.07) is 25.2. The summed E-state index contributed by atoms with van der Waals surface area (Å²) >= 11 is 0. The van der Waals surface area contributed by atoms with Crippen molar-refractivity contribution in [2.45, 2.75) is 68.2 Å². The smallest absolute Gasteiger partial charge is 0.253 e. The minimum atomic E-state index is -1.12. The molecule has 3 heterocycles. The minimum Gasteiger partial charge on any atom is -0.504 e. The van der Waals surface area contributed by atoms with Gasteiger partial charge in [0.05, 0.1) is 23.6 Å². The number of carbonyl (C=O) groups is 4. The average molecular weight is 901 g/mol. The molecule has 16 heteroatoms. The number of amides is 4. The largest absolute Gasteiger partial charge is 0.504 e. The number of aliphatic hydroxyl groups is 1. The first-order valence-corrected chi connectivity index (χ1v) is 22.4. The molecule has 2 aliphatic heterocycles. The van der Waals surface area contributed by atoms with Crippen molar-refractivity contribution < 1.29 is 48.3 Å². The number of benzene rings is 3. The molecule has 1 saturated heterocycles. The number of aromatic hydroxyl groups is 1. The number of hydrogen-bond acceptors (Lipinski definition) is 12. The van der Waals surface area contributed by atoms with Gasteiger partial charge in [-0.25, -0.2) is 4.98 Å². The van der Waals surface area contributed by atoms with Crippen LogP contribution in [0.25, 0.3) is 0 Å². The first-order valence-electron chi connectivity index (χ1n) is 22.4. The lowest BCUT2D eigenvalue weighted by Gasteiger charge is -2.64. The number of rotatable bonds is 18. The molecule has 5 N–H and O–H groups in total. The molecule has 1 aromatic heterocycles. The highest BCUT2D eigenvalue weighted by Crippen LogP contribution is 2.65. The molecule has 1 saturated carbocycles. The lowest BCUT2D eigenvalue weighted by Crippen LogP contribution is -2.78. The quantitative estimate of drug-likeness (QED) is 0.0724. The van der Waals surface area contributed by atoms with Gasteiger partial charge in [-0.1, -0.05) is 42.3 Å². The molecule has 3 aromatic carbocycles.